The minimum atomic E-state index is -3.56. The average Bonchev–Trinajstić information content (AvgIpc) is 2.85. The van der Waals surface area contributed by atoms with Crippen molar-refractivity contribution in [1.82, 2.24) is 14.6 Å². The minimum absolute atomic E-state index is 0.0385. The molecule has 0 spiro atoms. The number of nitrogens with zero attached hydrogens (tertiary/aromatic N) is 2. The standard InChI is InChI=1S/C12H20N4O2S/c1-2-16-7-5-10(9-16)8-15-19(17,18)11-4-3-6-14-12(11)13/h3-4,6,10,15H,2,5,7-9H2,1H3,(H2,13,14). The highest BCUT2D eigenvalue weighted by Gasteiger charge is 2.24. The van der Waals surface area contributed by atoms with Crippen molar-refractivity contribution in [2.24, 2.45) is 5.92 Å². The van der Waals surface area contributed by atoms with Gasteiger partial charge in [-0.1, -0.05) is 6.92 Å². The Kier molecular flexibility index (Phi) is 4.38. The molecule has 106 valence electrons. The van der Waals surface area contributed by atoms with Crippen molar-refractivity contribution in [1.29, 1.82) is 0 Å². The van der Waals surface area contributed by atoms with Crippen molar-refractivity contribution in [3.63, 3.8) is 0 Å². The van der Waals surface area contributed by atoms with E-state index >= 15 is 0 Å². The van der Waals surface area contributed by atoms with Crippen molar-refractivity contribution < 1.29 is 8.42 Å². The van der Waals surface area contributed by atoms with Crippen LogP contribution in [0.25, 0.3) is 0 Å². The number of aromatic nitrogens is 1. The summed E-state index contributed by atoms with van der Waals surface area (Å²) in [4.78, 5) is 6.17. The number of hydrogen-bond acceptors (Lipinski definition) is 5. The van der Waals surface area contributed by atoms with Gasteiger partial charge in [0.05, 0.1) is 0 Å². The molecule has 0 aromatic carbocycles. The summed E-state index contributed by atoms with van der Waals surface area (Å²) in [5.74, 6) is 0.407. The average molecular weight is 284 g/mol. The Labute approximate surface area is 114 Å². The first-order valence-corrected chi connectivity index (χ1v) is 7.93. The Hall–Kier alpha value is -1.18. The van der Waals surface area contributed by atoms with E-state index in [0.717, 1.165) is 26.1 Å². The summed E-state index contributed by atoms with van der Waals surface area (Å²) < 4.78 is 26.9. The molecule has 2 heterocycles. The van der Waals surface area contributed by atoms with Gasteiger partial charge < -0.3 is 10.6 Å². The maximum absolute atomic E-state index is 12.1. The van der Waals surface area contributed by atoms with Crippen LogP contribution >= 0.6 is 0 Å². The highest BCUT2D eigenvalue weighted by atomic mass is 32.2. The highest BCUT2D eigenvalue weighted by Crippen LogP contribution is 2.17. The number of hydrogen-bond donors (Lipinski definition) is 2. The molecule has 0 radical (unpaired) electrons. The minimum Gasteiger partial charge on any atom is -0.383 e. The molecule has 0 aliphatic carbocycles. The molecule has 1 saturated heterocycles. The van der Waals surface area contributed by atoms with Crippen LogP contribution in [-0.4, -0.2) is 44.5 Å². The van der Waals surface area contributed by atoms with E-state index in [1.807, 2.05) is 0 Å². The van der Waals surface area contributed by atoms with E-state index in [0.29, 0.717) is 12.5 Å². The quantitative estimate of drug-likeness (QED) is 0.811. The fourth-order valence-corrected chi connectivity index (χ4v) is 3.50. The number of rotatable bonds is 5. The van der Waals surface area contributed by atoms with Gasteiger partial charge >= 0.3 is 0 Å². The van der Waals surface area contributed by atoms with Gasteiger partial charge in [-0.05, 0) is 37.6 Å². The Bertz CT molecular complexity index is 532. The second-order valence-corrected chi connectivity index (χ2v) is 6.52. The summed E-state index contributed by atoms with van der Waals surface area (Å²) in [7, 11) is -3.56. The van der Waals surface area contributed by atoms with Crippen LogP contribution in [0.5, 0.6) is 0 Å². The molecule has 19 heavy (non-hydrogen) atoms. The maximum Gasteiger partial charge on any atom is 0.244 e. The van der Waals surface area contributed by atoms with E-state index in [1.54, 1.807) is 6.07 Å². The molecule has 0 saturated carbocycles. The summed E-state index contributed by atoms with van der Waals surface area (Å²) in [6.45, 7) is 5.56. The Morgan fingerprint density at radius 2 is 2.37 bits per heavy atom. The van der Waals surface area contributed by atoms with Crippen LogP contribution in [0.15, 0.2) is 23.2 Å². The lowest BCUT2D eigenvalue weighted by atomic mass is 10.1. The molecule has 1 fully saturated rings. The second kappa shape index (κ2) is 5.85. The molecule has 1 unspecified atom stereocenters. The normalized spacial score (nSPS) is 20.8. The Morgan fingerprint density at radius 1 is 1.58 bits per heavy atom. The van der Waals surface area contributed by atoms with Crippen LogP contribution in [0.1, 0.15) is 13.3 Å². The van der Waals surface area contributed by atoms with Gasteiger partial charge in [-0.2, -0.15) is 0 Å². The zero-order chi connectivity index (χ0) is 13.9. The van der Waals surface area contributed by atoms with Crippen LogP contribution in [0.2, 0.25) is 0 Å². The molecule has 1 aliphatic rings. The van der Waals surface area contributed by atoms with E-state index in [1.165, 1.54) is 12.3 Å². The summed E-state index contributed by atoms with van der Waals surface area (Å²) in [5.41, 5.74) is 5.60. The fourth-order valence-electron chi connectivity index (χ4n) is 2.30. The first kappa shape index (κ1) is 14.2. The molecule has 1 aliphatic heterocycles. The Balaban J connectivity index is 1.97. The lowest BCUT2D eigenvalue weighted by Gasteiger charge is -2.14. The molecule has 1 atom stereocenters. The smallest absolute Gasteiger partial charge is 0.244 e. The van der Waals surface area contributed by atoms with Gasteiger partial charge in [-0.25, -0.2) is 18.1 Å². The van der Waals surface area contributed by atoms with Crippen LogP contribution in [0.4, 0.5) is 5.82 Å². The molecule has 3 N–H and O–H groups in total. The van der Waals surface area contributed by atoms with Gasteiger partial charge in [0, 0.05) is 19.3 Å². The molecular formula is C12H20N4O2S. The van der Waals surface area contributed by atoms with Gasteiger partial charge in [0.2, 0.25) is 10.0 Å². The lowest BCUT2D eigenvalue weighted by molar-refractivity contribution is 0.342. The topological polar surface area (TPSA) is 88.3 Å². The summed E-state index contributed by atoms with van der Waals surface area (Å²) in [6.07, 6.45) is 2.50. The van der Waals surface area contributed by atoms with Crippen molar-refractivity contribution in [3.8, 4) is 0 Å². The lowest BCUT2D eigenvalue weighted by Crippen LogP contribution is -2.31. The zero-order valence-corrected chi connectivity index (χ0v) is 11.9. The SMILES string of the molecule is CCN1CCC(CNS(=O)(=O)c2cccnc2N)C1. The molecule has 0 bridgehead atoms. The van der Waals surface area contributed by atoms with E-state index in [9.17, 15) is 8.42 Å². The molecule has 1 aromatic heterocycles. The molecule has 6 nitrogen and oxygen atoms in total. The van der Waals surface area contributed by atoms with Gasteiger partial charge in [-0.3, -0.25) is 0 Å². The third-order valence-corrected chi connectivity index (χ3v) is 4.94. The fraction of sp³-hybridized carbons (Fsp3) is 0.583. The molecular weight excluding hydrogens is 264 g/mol. The van der Waals surface area contributed by atoms with Crippen LogP contribution in [0, 0.1) is 5.92 Å². The summed E-state index contributed by atoms with van der Waals surface area (Å²) >= 11 is 0. The number of nitrogens with one attached hydrogen (secondary N) is 1. The number of likely N-dealkylation sites (tertiary alicyclic amines) is 1. The number of nitrogens with two attached hydrogens (primary N) is 1. The van der Waals surface area contributed by atoms with Gasteiger partial charge in [0.25, 0.3) is 0 Å². The molecule has 7 heteroatoms. The molecule has 2 rings (SSSR count). The van der Waals surface area contributed by atoms with Gasteiger partial charge in [0.1, 0.15) is 10.7 Å². The van der Waals surface area contributed by atoms with E-state index in [-0.39, 0.29) is 10.7 Å². The summed E-state index contributed by atoms with van der Waals surface area (Å²) in [6, 6.07) is 3.04. The van der Waals surface area contributed by atoms with Crippen molar-refractivity contribution in [3.05, 3.63) is 18.3 Å². The first-order chi connectivity index (χ1) is 9.03. The first-order valence-electron chi connectivity index (χ1n) is 6.45. The predicted molar refractivity (Wildman–Crippen MR) is 74.1 cm³/mol. The third-order valence-electron chi connectivity index (χ3n) is 3.47. The molecule has 1 aromatic rings. The maximum atomic E-state index is 12.1. The van der Waals surface area contributed by atoms with Crippen molar-refractivity contribution in [2.75, 3.05) is 31.9 Å². The monoisotopic (exact) mass is 284 g/mol. The predicted octanol–water partition coefficient (Wildman–Crippen LogP) is 0.284. The van der Waals surface area contributed by atoms with E-state index in [4.69, 9.17) is 5.73 Å². The molecule has 0 amide bonds. The third kappa shape index (κ3) is 3.43. The van der Waals surface area contributed by atoms with Crippen LogP contribution in [-0.2, 0) is 10.0 Å². The van der Waals surface area contributed by atoms with E-state index < -0.39 is 10.0 Å². The second-order valence-electron chi connectivity index (χ2n) is 4.79. The zero-order valence-electron chi connectivity index (χ0n) is 11.0. The number of pyridine rings is 1. The van der Waals surface area contributed by atoms with E-state index in [2.05, 4.69) is 21.5 Å². The van der Waals surface area contributed by atoms with Crippen molar-refractivity contribution >= 4 is 15.8 Å². The van der Waals surface area contributed by atoms with Gasteiger partial charge in [0.15, 0.2) is 0 Å². The largest absolute Gasteiger partial charge is 0.383 e. The van der Waals surface area contributed by atoms with Gasteiger partial charge in [-0.15, -0.1) is 0 Å². The Morgan fingerprint density at radius 3 is 3.00 bits per heavy atom. The highest BCUT2D eigenvalue weighted by molar-refractivity contribution is 7.89. The number of anilines is 1. The summed E-state index contributed by atoms with van der Waals surface area (Å²) in [5, 5.41) is 0. The number of sulfonamides is 1. The van der Waals surface area contributed by atoms with Crippen LogP contribution < -0.4 is 10.5 Å². The van der Waals surface area contributed by atoms with Crippen molar-refractivity contribution in [2.45, 2.75) is 18.2 Å². The number of nitrogen functional groups attached to an aromatic ring is 1. The van der Waals surface area contributed by atoms with Crippen LogP contribution in [0.3, 0.4) is 0 Å².